The molecule has 0 radical (unpaired) electrons. The monoisotopic (exact) mass is 303 g/mol. The first-order chi connectivity index (χ1) is 10.7. The lowest BCUT2D eigenvalue weighted by Crippen LogP contribution is -2.47. The number of hydrogen-bond donors (Lipinski definition) is 1. The largest absolute Gasteiger partial charge is 0.391 e. The molecule has 1 saturated heterocycles. The Balaban J connectivity index is 1.55. The van der Waals surface area contributed by atoms with Crippen molar-refractivity contribution in [1.29, 1.82) is 0 Å². The summed E-state index contributed by atoms with van der Waals surface area (Å²) in [5, 5.41) is 9.71. The highest BCUT2D eigenvalue weighted by atomic mass is 16.5. The second kappa shape index (κ2) is 7.25. The predicted molar refractivity (Wildman–Crippen MR) is 84.5 cm³/mol. The maximum absolute atomic E-state index is 12.0. The number of ether oxygens (including phenoxy) is 1. The lowest BCUT2D eigenvalue weighted by Gasteiger charge is -2.37. The average Bonchev–Trinajstić information content (AvgIpc) is 2.87. The Bertz CT molecular complexity index is 490. The Labute approximate surface area is 132 Å². The lowest BCUT2D eigenvalue weighted by atomic mass is 9.91. The molecule has 1 N–H and O–H groups in total. The van der Waals surface area contributed by atoms with E-state index in [2.05, 4.69) is 12.1 Å². The number of aliphatic hydroxyl groups is 1. The highest BCUT2D eigenvalue weighted by Crippen LogP contribution is 2.29. The standard InChI is InChI=1S/C18H25NO3/c20-15-12-18(21)19(13-15)16-8-4-5-9-17(16)22-11-10-14-6-2-1-3-7-14/h1-3,6-7,15-17,20H,4-5,8-13H2/t15?,16-,17-/m1/s1. The summed E-state index contributed by atoms with van der Waals surface area (Å²) >= 11 is 0. The van der Waals surface area contributed by atoms with Crippen molar-refractivity contribution in [2.24, 2.45) is 0 Å². The first-order valence-corrected chi connectivity index (χ1v) is 8.37. The van der Waals surface area contributed by atoms with E-state index in [1.165, 1.54) is 5.56 Å². The van der Waals surface area contributed by atoms with E-state index in [1.807, 2.05) is 23.1 Å². The molecule has 0 bridgehead atoms. The van der Waals surface area contributed by atoms with Crippen LogP contribution in [0.5, 0.6) is 0 Å². The molecule has 22 heavy (non-hydrogen) atoms. The average molecular weight is 303 g/mol. The maximum Gasteiger partial charge on any atom is 0.225 e. The Morgan fingerprint density at radius 1 is 1.18 bits per heavy atom. The molecule has 1 aromatic carbocycles. The molecule has 1 saturated carbocycles. The second-order valence-electron chi connectivity index (χ2n) is 6.40. The van der Waals surface area contributed by atoms with E-state index < -0.39 is 6.10 Å². The minimum Gasteiger partial charge on any atom is -0.391 e. The van der Waals surface area contributed by atoms with E-state index in [-0.39, 0.29) is 24.5 Å². The van der Waals surface area contributed by atoms with Crippen LogP contribution in [0.25, 0.3) is 0 Å². The Hall–Kier alpha value is -1.39. The predicted octanol–water partition coefficient (Wildman–Crippen LogP) is 2.15. The number of hydrogen-bond acceptors (Lipinski definition) is 3. The molecule has 0 spiro atoms. The molecule has 1 unspecified atom stereocenters. The Morgan fingerprint density at radius 3 is 2.68 bits per heavy atom. The van der Waals surface area contributed by atoms with Gasteiger partial charge in [0, 0.05) is 6.54 Å². The van der Waals surface area contributed by atoms with Gasteiger partial charge in [-0.3, -0.25) is 4.79 Å². The molecule has 3 rings (SSSR count). The van der Waals surface area contributed by atoms with E-state index in [0.717, 1.165) is 32.1 Å². The first kappa shape index (κ1) is 15.5. The van der Waals surface area contributed by atoms with Gasteiger partial charge >= 0.3 is 0 Å². The van der Waals surface area contributed by atoms with Crippen LogP contribution in [-0.4, -0.2) is 47.3 Å². The molecular formula is C18H25NO3. The molecule has 4 nitrogen and oxygen atoms in total. The number of amides is 1. The molecule has 3 atom stereocenters. The van der Waals surface area contributed by atoms with Gasteiger partial charge in [0.15, 0.2) is 0 Å². The summed E-state index contributed by atoms with van der Waals surface area (Å²) in [6, 6.07) is 10.5. The zero-order chi connectivity index (χ0) is 15.4. The summed E-state index contributed by atoms with van der Waals surface area (Å²) in [5.41, 5.74) is 1.28. The van der Waals surface area contributed by atoms with E-state index in [9.17, 15) is 9.90 Å². The SMILES string of the molecule is O=C1CC(O)CN1[C@@H]1CCCC[C@H]1OCCc1ccccc1. The van der Waals surface area contributed by atoms with Crippen LogP contribution >= 0.6 is 0 Å². The number of likely N-dealkylation sites (tertiary alicyclic amines) is 1. The van der Waals surface area contributed by atoms with Crippen molar-refractivity contribution in [2.45, 2.75) is 56.8 Å². The smallest absolute Gasteiger partial charge is 0.225 e. The zero-order valence-electron chi connectivity index (χ0n) is 13.0. The van der Waals surface area contributed by atoms with Gasteiger partial charge in [-0.2, -0.15) is 0 Å². The van der Waals surface area contributed by atoms with E-state index in [0.29, 0.717) is 13.2 Å². The van der Waals surface area contributed by atoms with Crippen LogP contribution in [0.1, 0.15) is 37.7 Å². The van der Waals surface area contributed by atoms with Crippen LogP contribution in [0.15, 0.2) is 30.3 Å². The van der Waals surface area contributed by atoms with Crippen molar-refractivity contribution in [3.63, 3.8) is 0 Å². The van der Waals surface area contributed by atoms with Gasteiger partial charge in [0.05, 0.1) is 31.3 Å². The summed E-state index contributed by atoms with van der Waals surface area (Å²) in [7, 11) is 0. The third-order valence-electron chi connectivity index (χ3n) is 4.77. The van der Waals surface area contributed by atoms with Crippen molar-refractivity contribution in [3.8, 4) is 0 Å². The van der Waals surface area contributed by atoms with Crippen LogP contribution in [0.3, 0.4) is 0 Å². The number of nitrogens with zero attached hydrogens (tertiary/aromatic N) is 1. The number of carbonyl (C=O) groups excluding carboxylic acids is 1. The van der Waals surface area contributed by atoms with Gasteiger partial charge in [-0.05, 0) is 24.8 Å². The molecule has 4 heteroatoms. The molecule has 1 aliphatic heterocycles. The van der Waals surface area contributed by atoms with E-state index in [4.69, 9.17) is 4.74 Å². The fraction of sp³-hybridized carbons (Fsp3) is 0.611. The zero-order valence-corrected chi connectivity index (χ0v) is 13.0. The van der Waals surface area contributed by atoms with Gasteiger partial charge in [-0.25, -0.2) is 0 Å². The summed E-state index contributed by atoms with van der Waals surface area (Å²) in [6.07, 6.45) is 5.10. The lowest BCUT2D eigenvalue weighted by molar-refractivity contribution is -0.134. The molecule has 1 aromatic rings. The molecule has 1 heterocycles. The number of rotatable bonds is 5. The normalized spacial score (nSPS) is 29.0. The van der Waals surface area contributed by atoms with Crippen molar-refractivity contribution in [1.82, 2.24) is 4.90 Å². The maximum atomic E-state index is 12.0. The number of benzene rings is 1. The fourth-order valence-corrected chi connectivity index (χ4v) is 3.63. The van der Waals surface area contributed by atoms with Crippen molar-refractivity contribution in [2.75, 3.05) is 13.2 Å². The van der Waals surface area contributed by atoms with Gasteiger partial charge in [-0.15, -0.1) is 0 Å². The summed E-state index contributed by atoms with van der Waals surface area (Å²) in [4.78, 5) is 13.9. The third-order valence-corrected chi connectivity index (χ3v) is 4.77. The molecule has 120 valence electrons. The highest BCUT2D eigenvalue weighted by Gasteiger charge is 2.38. The van der Waals surface area contributed by atoms with Crippen molar-refractivity contribution < 1.29 is 14.6 Å². The minimum absolute atomic E-state index is 0.0797. The first-order valence-electron chi connectivity index (χ1n) is 8.37. The van der Waals surface area contributed by atoms with Crippen LogP contribution < -0.4 is 0 Å². The van der Waals surface area contributed by atoms with Crippen molar-refractivity contribution >= 4 is 5.91 Å². The number of aliphatic hydroxyl groups excluding tert-OH is 1. The number of β-amino-alcohol motifs (C(OH)–C–C–N with tert-alkyl or cyclic N) is 1. The molecule has 0 aromatic heterocycles. The third kappa shape index (κ3) is 3.68. The molecule has 2 aliphatic rings. The van der Waals surface area contributed by atoms with Crippen LogP contribution in [0.4, 0.5) is 0 Å². The Kier molecular flexibility index (Phi) is 5.11. The minimum atomic E-state index is -0.501. The van der Waals surface area contributed by atoms with Crippen LogP contribution in [0, 0.1) is 0 Å². The van der Waals surface area contributed by atoms with E-state index >= 15 is 0 Å². The fourth-order valence-electron chi connectivity index (χ4n) is 3.63. The molecule has 2 fully saturated rings. The summed E-state index contributed by atoms with van der Waals surface area (Å²) in [6.45, 7) is 1.16. The van der Waals surface area contributed by atoms with Crippen LogP contribution in [0.2, 0.25) is 0 Å². The van der Waals surface area contributed by atoms with Gasteiger partial charge in [0.1, 0.15) is 0 Å². The van der Waals surface area contributed by atoms with Gasteiger partial charge in [-0.1, -0.05) is 43.2 Å². The number of carbonyl (C=O) groups is 1. The van der Waals surface area contributed by atoms with Gasteiger partial charge in [0.2, 0.25) is 5.91 Å². The topological polar surface area (TPSA) is 49.8 Å². The van der Waals surface area contributed by atoms with Gasteiger partial charge < -0.3 is 14.7 Å². The molecule has 1 amide bonds. The summed E-state index contributed by atoms with van der Waals surface area (Å²) < 4.78 is 6.12. The molecule has 1 aliphatic carbocycles. The highest BCUT2D eigenvalue weighted by molar-refractivity contribution is 5.79. The summed E-state index contributed by atoms with van der Waals surface area (Å²) in [5.74, 6) is 0.0797. The Morgan fingerprint density at radius 2 is 1.95 bits per heavy atom. The second-order valence-corrected chi connectivity index (χ2v) is 6.40. The van der Waals surface area contributed by atoms with Crippen LogP contribution in [-0.2, 0) is 16.0 Å². The van der Waals surface area contributed by atoms with Gasteiger partial charge in [0.25, 0.3) is 0 Å². The van der Waals surface area contributed by atoms with Crippen molar-refractivity contribution in [3.05, 3.63) is 35.9 Å². The molecular weight excluding hydrogens is 278 g/mol. The quantitative estimate of drug-likeness (QED) is 0.907. The van der Waals surface area contributed by atoms with E-state index in [1.54, 1.807) is 0 Å².